The molecule has 1 aliphatic carbocycles. The van der Waals surface area contributed by atoms with Crippen LogP contribution >= 0.6 is 11.6 Å². The summed E-state index contributed by atoms with van der Waals surface area (Å²) in [5.41, 5.74) is 0. The van der Waals surface area contributed by atoms with E-state index >= 15 is 0 Å². The van der Waals surface area contributed by atoms with Crippen molar-refractivity contribution < 1.29 is 5.11 Å². The zero-order chi connectivity index (χ0) is 7.61. The first-order valence-corrected chi connectivity index (χ1v) is 4.40. The summed E-state index contributed by atoms with van der Waals surface area (Å²) in [6.07, 6.45) is 4.69. The highest BCUT2D eigenvalue weighted by molar-refractivity contribution is 6.26. The normalized spacial score (nSPS) is 38.1. The molecule has 0 spiro atoms. The van der Waals surface area contributed by atoms with Crippen LogP contribution in [0.25, 0.3) is 0 Å². The first kappa shape index (κ1) is 8.35. The van der Waals surface area contributed by atoms with E-state index in [2.05, 4.69) is 6.92 Å². The Kier molecular flexibility index (Phi) is 2.59. The Hall–Kier alpha value is 0.250. The van der Waals surface area contributed by atoms with Crippen LogP contribution < -0.4 is 0 Å². The highest BCUT2D eigenvalue weighted by atomic mass is 35.5. The minimum Gasteiger partial charge on any atom is -0.395 e. The predicted molar refractivity (Wildman–Crippen MR) is 43.3 cm³/mol. The van der Waals surface area contributed by atoms with Gasteiger partial charge in [0.1, 0.15) is 0 Å². The third-order valence-corrected chi connectivity index (χ3v) is 2.91. The molecule has 1 nitrogen and oxygen atoms in total. The van der Waals surface area contributed by atoms with Crippen molar-refractivity contribution in [3.8, 4) is 0 Å². The summed E-state index contributed by atoms with van der Waals surface area (Å²) in [6.45, 7) is 2.33. The maximum Gasteiger partial charge on any atom is 0.0708 e. The Morgan fingerprint density at radius 3 is 2.80 bits per heavy atom. The SMILES string of the molecule is CCCCC1CC1(Cl)CO. The molecule has 2 atom stereocenters. The molecule has 1 N–H and O–H groups in total. The molecule has 1 fully saturated rings. The van der Waals surface area contributed by atoms with Gasteiger partial charge in [-0.3, -0.25) is 0 Å². The number of alkyl halides is 1. The number of unbranched alkanes of at least 4 members (excludes halogenated alkanes) is 1. The van der Waals surface area contributed by atoms with Crippen LogP contribution in [0.5, 0.6) is 0 Å². The quantitative estimate of drug-likeness (QED) is 0.629. The van der Waals surface area contributed by atoms with Gasteiger partial charge in [-0.15, -0.1) is 11.6 Å². The molecule has 0 amide bonds. The van der Waals surface area contributed by atoms with Crippen LogP contribution in [0.2, 0.25) is 0 Å². The van der Waals surface area contributed by atoms with Gasteiger partial charge in [0.25, 0.3) is 0 Å². The summed E-state index contributed by atoms with van der Waals surface area (Å²) in [5, 5.41) is 8.80. The van der Waals surface area contributed by atoms with E-state index in [0.717, 1.165) is 6.42 Å². The predicted octanol–water partition coefficient (Wildman–Crippen LogP) is 2.17. The summed E-state index contributed by atoms with van der Waals surface area (Å²) in [7, 11) is 0. The molecule has 2 unspecified atom stereocenters. The third-order valence-electron chi connectivity index (χ3n) is 2.33. The van der Waals surface area contributed by atoms with Crippen molar-refractivity contribution in [2.45, 2.75) is 37.5 Å². The van der Waals surface area contributed by atoms with Gasteiger partial charge in [0.2, 0.25) is 0 Å². The molecule has 0 aromatic heterocycles. The lowest BCUT2D eigenvalue weighted by molar-refractivity contribution is 0.278. The molecule has 60 valence electrons. The van der Waals surface area contributed by atoms with E-state index in [0.29, 0.717) is 5.92 Å². The van der Waals surface area contributed by atoms with Crippen LogP contribution in [0.3, 0.4) is 0 Å². The molecule has 1 saturated carbocycles. The number of halogens is 1. The lowest BCUT2D eigenvalue weighted by atomic mass is 10.1. The molecule has 0 aliphatic heterocycles. The van der Waals surface area contributed by atoms with Crippen LogP contribution in [0.1, 0.15) is 32.6 Å². The van der Waals surface area contributed by atoms with Crippen molar-refractivity contribution in [3.05, 3.63) is 0 Å². The van der Waals surface area contributed by atoms with E-state index in [-0.39, 0.29) is 11.5 Å². The smallest absolute Gasteiger partial charge is 0.0708 e. The average molecular weight is 163 g/mol. The standard InChI is InChI=1S/C8H15ClO/c1-2-3-4-7-5-8(7,9)6-10/h7,10H,2-6H2,1H3. The fourth-order valence-electron chi connectivity index (χ4n) is 1.36. The zero-order valence-electron chi connectivity index (χ0n) is 6.44. The van der Waals surface area contributed by atoms with Crippen LogP contribution in [-0.4, -0.2) is 16.6 Å². The van der Waals surface area contributed by atoms with Crippen molar-refractivity contribution in [3.63, 3.8) is 0 Å². The Labute approximate surface area is 67.4 Å². The molecule has 10 heavy (non-hydrogen) atoms. The van der Waals surface area contributed by atoms with Gasteiger partial charge in [-0.1, -0.05) is 19.8 Å². The van der Waals surface area contributed by atoms with E-state index in [1.165, 1.54) is 19.3 Å². The molecule has 0 aromatic carbocycles. The average Bonchev–Trinajstić information content (AvgIpc) is 2.59. The molecule has 0 aromatic rings. The number of hydrogen-bond donors (Lipinski definition) is 1. The Balaban J connectivity index is 2.12. The number of hydrogen-bond acceptors (Lipinski definition) is 1. The van der Waals surface area contributed by atoms with Crippen molar-refractivity contribution in [2.24, 2.45) is 5.92 Å². The summed E-state index contributed by atoms with van der Waals surface area (Å²) < 4.78 is 0. The van der Waals surface area contributed by atoms with Gasteiger partial charge in [0.05, 0.1) is 11.5 Å². The second-order valence-electron chi connectivity index (χ2n) is 3.24. The fourth-order valence-corrected chi connectivity index (χ4v) is 1.65. The van der Waals surface area contributed by atoms with Crippen molar-refractivity contribution in [2.75, 3.05) is 6.61 Å². The van der Waals surface area contributed by atoms with Crippen LogP contribution in [0, 0.1) is 5.92 Å². The van der Waals surface area contributed by atoms with Gasteiger partial charge in [-0.25, -0.2) is 0 Å². The Morgan fingerprint density at radius 2 is 2.40 bits per heavy atom. The molecular weight excluding hydrogens is 148 g/mol. The number of aliphatic hydroxyl groups excluding tert-OH is 1. The van der Waals surface area contributed by atoms with Crippen LogP contribution in [0.4, 0.5) is 0 Å². The minimum absolute atomic E-state index is 0.156. The Bertz CT molecular complexity index is 116. The van der Waals surface area contributed by atoms with Gasteiger partial charge >= 0.3 is 0 Å². The lowest BCUT2D eigenvalue weighted by Gasteiger charge is -2.02. The monoisotopic (exact) mass is 162 g/mol. The molecule has 0 radical (unpaired) electrons. The summed E-state index contributed by atoms with van der Waals surface area (Å²) in [6, 6.07) is 0. The van der Waals surface area contributed by atoms with Crippen molar-refractivity contribution in [1.82, 2.24) is 0 Å². The first-order chi connectivity index (χ1) is 4.73. The highest BCUT2D eigenvalue weighted by Gasteiger charge is 2.51. The second-order valence-corrected chi connectivity index (χ2v) is 3.99. The van der Waals surface area contributed by atoms with Gasteiger partial charge in [-0.2, -0.15) is 0 Å². The molecule has 0 bridgehead atoms. The lowest BCUT2D eigenvalue weighted by Crippen LogP contribution is -2.08. The zero-order valence-corrected chi connectivity index (χ0v) is 7.19. The topological polar surface area (TPSA) is 20.2 Å². The molecule has 1 aliphatic rings. The van der Waals surface area contributed by atoms with E-state index in [1.807, 2.05) is 0 Å². The molecule has 2 heteroatoms. The van der Waals surface area contributed by atoms with E-state index in [4.69, 9.17) is 16.7 Å². The molecule has 0 saturated heterocycles. The van der Waals surface area contributed by atoms with Crippen LogP contribution in [0.15, 0.2) is 0 Å². The molecular formula is C8H15ClO. The molecule has 0 heterocycles. The summed E-state index contributed by atoms with van der Waals surface area (Å²) in [5.74, 6) is 0.596. The van der Waals surface area contributed by atoms with Crippen LogP contribution in [-0.2, 0) is 0 Å². The number of aliphatic hydroxyl groups is 1. The van der Waals surface area contributed by atoms with Gasteiger partial charge < -0.3 is 5.11 Å². The van der Waals surface area contributed by atoms with E-state index in [1.54, 1.807) is 0 Å². The largest absolute Gasteiger partial charge is 0.395 e. The fraction of sp³-hybridized carbons (Fsp3) is 1.00. The van der Waals surface area contributed by atoms with E-state index < -0.39 is 0 Å². The summed E-state index contributed by atoms with van der Waals surface area (Å²) >= 11 is 5.98. The van der Waals surface area contributed by atoms with Gasteiger partial charge in [0, 0.05) is 0 Å². The summed E-state index contributed by atoms with van der Waals surface area (Å²) in [4.78, 5) is -0.213. The molecule has 1 rings (SSSR count). The van der Waals surface area contributed by atoms with E-state index in [9.17, 15) is 0 Å². The first-order valence-electron chi connectivity index (χ1n) is 4.02. The Morgan fingerprint density at radius 1 is 1.70 bits per heavy atom. The van der Waals surface area contributed by atoms with Crippen molar-refractivity contribution >= 4 is 11.6 Å². The maximum absolute atomic E-state index is 8.80. The van der Waals surface area contributed by atoms with Gasteiger partial charge in [0.15, 0.2) is 0 Å². The minimum atomic E-state index is -0.213. The van der Waals surface area contributed by atoms with Gasteiger partial charge in [-0.05, 0) is 18.8 Å². The second kappa shape index (κ2) is 3.10. The highest BCUT2D eigenvalue weighted by Crippen LogP contribution is 2.51. The third kappa shape index (κ3) is 1.64. The maximum atomic E-state index is 8.80. The van der Waals surface area contributed by atoms with Crippen molar-refractivity contribution in [1.29, 1.82) is 0 Å². The number of rotatable bonds is 4.